The maximum atomic E-state index is 13.0. The summed E-state index contributed by atoms with van der Waals surface area (Å²) in [5, 5.41) is 3.94. The highest BCUT2D eigenvalue weighted by Crippen LogP contribution is 2.40. The molecule has 0 N–H and O–H groups in total. The number of Topliss-reactive ketones (excluding diaryl/α,β-unsaturated/α-hetero) is 1. The molecule has 0 radical (unpaired) electrons. The zero-order valence-electron chi connectivity index (χ0n) is 18.0. The Balaban J connectivity index is 1.97. The molecule has 28 heavy (non-hydrogen) atoms. The molecule has 0 fully saturated rings. The lowest BCUT2D eigenvalue weighted by atomic mass is 9.75. The molecule has 1 aliphatic rings. The Kier molecular flexibility index (Phi) is 5.26. The van der Waals surface area contributed by atoms with E-state index in [1.807, 2.05) is 13.8 Å². The molecule has 2 aromatic rings. The van der Waals surface area contributed by atoms with Gasteiger partial charge in [0.15, 0.2) is 5.78 Å². The molecule has 6 heteroatoms. The van der Waals surface area contributed by atoms with Gasteiger partial charge >= 0.3 is 0 Å². The molecule has 0 saturated carbocycles. The maximum absolute atomic E-state index is 13.0. The van der Waals surface area contributed by atoms with Crippen LogP contribution in [-0.2, 0) is 17.6 Å². The molecule has 0 bridgehead atoms. The summed E-state index contributed by atoms with van der Waals surface area (Å²) in [6.45, 7) is 12.5. The van der Waals surface area contributed by atoms with Crippen LogP contribution < -0.4 is 0 Å². The second-order valence-corrected chi connectivity index (χ2v) is 9.07. The molecule has 1 amide bonds. The van der Waals surface area contributed by atoms with Gasteiger partial charge < -0.3 is 14.0 Å². The third-order valence-electron chi connectivity index (χ3n) is 5.95. The van der Waals surface area contributed by atoms with Crippen molar-refractivity contribution in [1.29, 1.82) is 0 Å². The fourth-order valence-electron chi connectivity index (χ4n) is 4.41. The summed E-state index contributed by atoms with van der Waals surface area (Å²) < 4.78 is 7.15. The number of carbonyl (C=O) groups excluding carboxylic acids is 2. The van der Waals surface area contributed by atoms with Crippen LogP contribution in [0.3, 0.4) is 0 Å². The zero-order chi connectivity index (χ0) is 20.8. The normalized spacial score (nSPS) is 16.9. The summed E-state index contributed by atoms with van der Waals surface area (Å²) in [6, 6.07) is 1.82. The smallest absolute Gasteiger partial charge is 0.227 e. The van der Waals surface area contributed by atoms with E-state index in [0.717, 1.165) is 28.9 Å². The molecule has 0 spiro atoms. The molecular weight excluding hydrogens is 354 g/mol. The molecule has 1 aliphatic carbocycles. The summed E-state index contributed by atoms with van der Waals surface area (Å²) in [5.74, 6) is 0.128. The minimum Gasteiger partial charge on any atom is -0.364 e. The number of hydrogen-bond acceptors (Lipinski definition) is 4. The lowest BCUT2D eigenvalue weighted by molar-refractivity contribution is -0.131. The fraction of sp³-hybridized carbons (Fsp3) is 0.591. The van der Waals surface area contributed by atoms with Crippen LogP contribution in [-0.4, -0.2) is 33.4 Å². The molecule has 2 aromatic heterocycles. The number of hydrogen-bond donors (Lipinski definition) is 0. The van der Waals surface area contributed by atoms with E-state index in [9.17, 15) is 9.59 Å². The van der Waals surface area contributed by atoms with Crippen LogP contribution in [0.1, 0.15) is 86.1 Å². The lowest BCUT2D eigenvalue weighted by Gasteiger charge is -2.31. The monoisotopic (exact) mass is 385 g/mol. The van der Waals surface area contributed by atoms with Gasteiger partial charge in [-0.2, -0.15) is 0 Å². The van der Waals surface area contributed by atoms with E-state index in [2.05, 4.69) is 37.4 Å². The Morgan fingerprint density at radius 3 is 2.57 bits per heavy atom. The maximum Gasteiger partial charge on any atom is 0.227 e. The van der Waals surface area contributed by atoms with Crippen molar-refractivity contribution >= 4 is 11.7 Å². The molecule has 6 nitrogen and oxygen atoms in total. The molecule has 0 saturated heterocycles. The van der Waals surface area contributed by atoms with Crippen molar-refractivity contribution in [1.82, 2.24) is 14.6 Å². The number of carbonyl (C=O) groups is 2. The quantitative estimate of drug-likeness (QED) is 0.770. The van der Waals surface area contributed by atoms with E-state index in [4.69, 9.17) is 4.52 Å². The number of likely N-dealkylation sites (N-methyl/N-ethyl adjacent to an activating group) is 1. The van der Waals surface area contributed by atoms with Crippen LogP contribution in [0.5, 0.6) is 0 Å². The van der Waals surface area contributed by atoms with Gasteiger partial charge in [0, 0.05) is 42.5 Å². The SMILES string of the molecule is Cc1c(CC(=O)N(C)[C@H](C)c2ccon2)c2c(n1C(C)C)CC(C)(C)CC2=O. The van der Waals surface area contributed by atoms with E-state index >= 15 is 0 Å². The third kappa shape index (κ3) is 3.52. The van der Waals surface area contributed by atoms with E-state index in [1.54, 1.807) is 18.0 Å². The van der Waals surface area contributed by atoms with Crippen molar-refractivity contribution in [3.05, 3.63) is 40.5 Å². The van der Waals surface area contributed by atoms with Crippen LogP contribution in [0.2, 0.25) is 0 Å². The molecule has 3 rings (SSSR count). The first kappa shape index (κ1) is 20.4. The highest BCUT2D eigenvalue weighted by Gasteiger charge is 2.37. The fourth-order valence-corrected chi connectivity index (χ4v) is 4.41. The van der Waals surface area contributed by atoms with Crippen LogP contribution in [0.25, 0.3) is 0 Å². The Morgan fingerprint density at radius 2 is 2.00 bits per heavy atom. The van der Waals surface area contributed by atoms with Crippen LogP contribution in [0.4, 0.5) is 0 Å². The predicted molar refractivity (Wildman–Crippen MR) is 107 cm³/mol. The van der Waals surface area contributed by atoms with E-state index < -0.39 is 0 Å². The van der Waals surface area contributed by atoms with E-state index in [1.165, 1.54) is 6.26 Å². The standard InChI is InChI=1S/C22H31N3O3/c1-13(2)25-14(3)16(21-18(25)11-22(5,6)12-19(21)26)10-20(27)24(7)15(4)17-8-9-28-23-17/h8-9,13,15H,10-12H2,1-7H3/t15-/m1/s1. The first-order valence-electron chi connectivity index (χ1n) is 9.95. The van der Waals surface area contributed by atoms with Crippen molar-refractivity contribution in [2.45, 2.75) is 72.9 Å². The van der Waals surface area contributed by atoms with E-state index in [-0.39, 0.29) is 35.6 Å². The summed E-state index contributed by atoms with van der Waals surface area (Å²) in [7, 11) is 1.77. The van der Waals surface area contributed by atoms with Gasteiger partial charge in [-0.05, 0) is 45.1 Å². The largest absolute Gasteiger partial charge is 0.364 e. The number of rotatable bonds is 5. The number of fused-ring (bicyclic) bond motifs is 1. The number of ketones is 1. The van der Waals surface area contributed by atoms with Crippen molar-refractivity contribution in [3.8, 4) is 0 Å². The molecule has 0 aromatic carbocycles. The zero-order valence-corrected chi connectivity index (χ0v) is 18.0. The predicted octanol–water partition coefficient (Wildman–Crippen LogP) is 4.28. The van der Waals surface area contributed by atoms with Gasteiger partial charge in [0.1, 0.15) is 12.0 Å². The van der Waals surface area contributed by atoms with Crippen molar-refractivity contribution in [2.75, 3.05) is 7.05 Å². The molecule has 152 valence electrons. The Bertz CT molecular complexity index is 891. The second kappa shape index (κ2) is 7.22. The Morgan fingerprint density at radius 1 is 1.32 bits per heavy atom. The summed E-state index contributed by atoms with van der Waals surface area (Å²) in [5.41, 5.74) is 4.44. The van der Waals surface area contributed by atoms with Gasteiger partial charge in [-0.25, -0.2) is 0 Å². The van der Waals surface area contributed by atoms with Gasteiger partial charge in [0.05, 0.1) is 12.5 Å². The highest BCUT2D eigenvalue weighted by molar-refractivity contribution is 6.01. The first-order chi connectivity index (χ1) is 13.0. The minimum absolute atomic E-state index is 0.0278. The molecule has 2 heterocycles. The van der Waals surface area contributed by atoms with Gasteiger partial charge in [0.25, 0.3) is 0 Å². The van der Waals surface area contributed by atoms with Gasteiger partial charge in [-0.1, -0.05) is 19.0 Å². The molecule has 1 atom stereocenters. The van der Waals surface area contributed by atoms with Crippen molar-refractivity contribution < 1.29 is 14.1 Å². The summed E-state index contributed by atoms with van der Waals surface area (Å²) in [4.78, 5) is 27.7. The summed E-state index contributed by atoms with van der Waals surface area (Å²) in [6.07, 6.45) is 3.10. The highest BCUT2D eigenvalue weighted by atomic mass is 16.5. The van der Waals surface area contributed by atoms with Gasteiger partial charge in [-0.3, -0.25) is 9.59 Å². The van der Waals surface area contributed by atoms with Crippen molar-refractivity contribution in [3.63, 3.8) is 0 Å². The van der Waals surface area contributed by atoms with Crippen molar-refractivity contribution in [2.24, 2.45) is 5.41 Å². The third-order valence-corrected chi connectivity index (χ3v) is 5.95. The average Bonchev–Trinajstić information content (AvgIpc) is 3.19. The molecular formula is C22H31N3O3. The van der Waals surface area contributed by atoms with Crippen LogP contribution in [0, 0.1) is 12.3 Å². The van der Waals surface area contributed by atoms with Gasteiger partial charge in [-0.15, -0.1) is 0 Å². The molecule has 0 aliphatic heterocycles. The first-order valence-corrected chi connectivity index (χ1v) is 9.95. The van der Waals surface area contributed by atoms with Gasteiger partial charge in [0.2, 0.25) is 5.91 Å². The second-order valence-electron chi connectivity index (χ2n) is 9.07. The Labute approximate surface area is 166 Å². The van der Waals surface area contributed by atoms with Crippen LogP contribution >= 0.6 is 0 Å². The number of nitrogens with zero attached hydrogens (tertiary/aromatic N) is 3. The van der Waals surface area contributed by atoms with E-state index in [0.29, 0.717) is 12.1 Å². The Hall–Kier alpha value is -2.37. The molecule has 0 unspecified atom stereocenters. The van der Waals surface area contributed by atoms with Crippen LogP contribution in [0.15, 0.2) is 16.9 Å². The minimum atomic E-state index is -0.191. The lowest BCUT2D eigenvalue weighted by Crippen LogP contribution is -2.32. The number of amides is 1. The topological polar surface area (TPSA) is 68.3 Å². The average molecular weight is 386 g/mol. The summed E-state index contributed by atoms with van der Waals surface area (Å²) >= 11 is 0. The number of aromatic nitrogens is 2.